The molecule has 0 saturated heterocycles. The van der Waals surface area contributed by atoms with Gasteiger partial charge in [-0.3, -0.25) is 9.59 Å². The number of hydrogen-bond donors (Lipinski definition) is 2. The molecule has 7 heteroatoms. The molecule has 202 valence electrons. The van der Waals surface area contributed by atoms with Gasteiger partial charge in [-0.05, 0) is 89.1 Å². The van der Waals surface area contributed by atoms with E-state index >= 15 is 0 Å². The van der Waals surface area contributed by atoms with Crippen molar-refractivity contribution < 1.29 is 19.1 Å². The number of benzene rings is 2. The van der Waals surface area contributed by atoms with Crippen molar-refractivity contribution in [2.75, 3.05) is 11.9 Å². The first-order valence-corrected chi connectivity index (χ1v) is 13.0. The van der Waals surface area contributed by atoms with Gasteiger partial charge >= 0.3 is 6.09 Å². The highest BCUT2D eigenvalue weighted by atomic mass is 16.6. The maximum absolute atomic E-state index is 14.0. The van der Waals surface area contributed by atoms with Crippen molar-refractivity contribution >= 4 is 23.6 Å². The molecule has 0 radical (unpaired) electrons. The summed E-state index contributed by atoms with van der Waals surface area (Å²) in [4.78, 5) is 41.9. The van der Waals surface area contributed by atoms with Crippen molar-refractivity contribution in [2.45, 2.75) is 86.4 Å². The summed E-state index contributed by atoms with van der Waals surface area (Å²) in [6.07, 6.45) is -0.247. The number of aryl methyl sites for hydroxylation is 3. The average molecular weight is 510 g/mol. The Hall–Kier alpha value is -3.35. The lowest BCUT2D eigenvalue weighted by molar-refractivity contribution is -0.140. The Morgan fingerprint density at radius 2 is 1.59 bits per heavy atom. The zero-order chi connectivity index (χ0) is 27.9. The van der Waals surface area contributed by atoms with Crippen molar-refractivity contribution in [3.8, 4) is 0 Å². The third-order valence-corrected chi connectivity index (χ3v) is 6.13. The predicted molar refractivity (Wildman–Crippen MR) is 148 cm³/mol. The van der Waals surface area contributed by atoms with Crippen LogP contribution in [0.3, 0.4) is 0 Å². The fourth-order valence-corrected chi connectivity index (χ4v) is 4.13. The number of likely N-dealkylation sites (N-methyl/N-ethyl adjacent to an activating group) is 1. The standard InChI is InChI=1S/C30H43N3O4/c1-10-33(28(35)25(17-19(2)3)32-29(36)37-30(7,8)9)26(23-16-15-20(4)22(6)18-23)27(34)31-24-14-12-11-13-21(24)5/h11-16,18-19,25-26H,10,17H2,1-9H3,(H,31,34)(H,32,36). The molecule has 2 aromatic carbocycles. The Labute approximate surface area is 222 Å². The minimum atomic E-state index is -0.883. The van der Waals surface area contributed by atoms with Crippen LogP contribution in [0.15, 0.2) is 42.5 Å². The van der Waals surface area contributed by atoms with Crippen LogP contribution >= 0.6 is 0 Å². The van der Waals surface area contributed by atoms with Crippen LogP contribution in [0.2, 0.25) is 0 Å². The van der Waals surface area contributed by atoms with Crippen LogP contribution in [0.1, 0.15) is 76.3 Å². The van der Waals surface area contributed by atoms with Gasteiger partial charge in [-0.2, -0.15) is 0 Å². The van der Waals surface area contributed by atoms with Crippen LogP contribution in [0.5, 0.6) is 0 Å². The number of alkyl carbamates (subject to hydrolysis) is 1. The first-order chi connectivity index (χ1) is 17.2. The van der Waals surface area contributed by atoms with Crippen LogP contribution in [0, 0.1) is 26.7 Å². The normalized spacial score (nSPS) is 13.0. The molecule has 0 aliphatic carbocycles. The molecule has 0 saturated carbocycles. The van der Waals surface area contributed by atoms with E-state index in [1.807, 2.05) is 84.0 Å². The van der Waals surface area contributed by atoms with Crippen molar-refractivity contribution in [2.24, 2.45) is 5.92 Å². The zero-order valence-corrected chi connectivity index (χ0v) is 23.8. The van der Waals surface area contributed by atoms with E-state index in [1.54, 1.807) is 25.7 Å². The summed E-state index contributed by atoms with van der Waals surface area (Å²) in [7, 11) is 0. The number of nitrogens with one attached hydrogen (secondary N) is 2. The molecule has 0 aliphatic rings. The molecule has 0 bridgehead atoms. The van der Waals surface area contributed by atoms with Gasteiger partial charge in [0.15, 0.2) is 0 Å². The Balaban J connectivity index is 2.49. The first-order valence-electron chi connectivity index (χ1n) is 13.0. The number of amides is 3. The molecule has 3 amide bonds. The van der Waals surface area contributed by atoms with E-state index in [0.717, 1.165) is 16.7 Å². The molecule has 0 aliphatic heterocycles. The number of anilines is 1. The molecule has 37 heavy (non-hydrogen) atoms. The summed E-state index contributed by atoms with van der Waals surface area (Å²) >= 11 is 0. The smallest absolute Gasteiger partial charge is 0.408 e. The Kier molecular flexibility index (Phi) is 10.3. The molecule has 2 rings (SSSR count). The van der Waals surface area contributed by atoms with Crippen molar-refractivity contribution in [3.63, 3.8) is 0 Å². The second-order valence-electron chi connectivity index (χ2n) is 11.0. The van der Waals surface area contributed by atoms with Gasteiger partial charge in [0.1, 0.15) is 17.7 Å². The molecule has 2 unspecified atom stereocenters. The second kappa shape index (κ2) is 12.7. The summed E-state index contributed by atoms with van der Waals surface area (Å²) in [6, 6.07) is 11.6. The molecular formula is C30H43N3O4. The van der Waals surface area contributed by atoms with Gasteiger partial charge in [-0.25, -0.2) is 4.79 Å². The van der Waals surface area contributed by atoms with Crippen LogP contribution in [-0.4, -0.2) is 41.0 Å². The van der Waals surface area contributed by atoms with E-state index in [9.17, 15) is 14.4 Å². The number of nitrogens with zero attached hydrogens (tertiary/aromatic N) is 1. The molecule has 2 aromatic rings. The van der Waals surface area contributed by atoms with E-state index in [2.05, 4.69) is 10.6 Å². The molecule has 0 spiro atoms. The van der Waals surface area contributed by atoms with Crippen molar-refractivity contribution in [3.05, 3.63) is 64.7 Å². The fourth-order valence-electron chi connectivity index (χ4n) is 4.13. The van der Waals surface area contributed by atoms with E-state index in [-0.39, 0.29) is 24.3 Å². The highest BCUT2D eigenvalue weighted by molar-refractivity contribution is 5.99. The summed E-state index contributed by atoms with van der Waals surface area (Å²) in [5.41, 5.74) is 3.75. The largest absolute Gasteiger partial charge is 0.444 e. The van der Waals surface area contributed by atoms with Gasteiger partial charge in [-0.1, -0.05) is 50.2 Å². The summed E-state index contributed by atoms with van der Waals surface area (Å²) < 4.78 is 5.43. The molecular weight excluding hydrogens is 466 g/mol. The quantitative estimate of drug-likeness (QED) is 0.429. The molecule has 0 fully saturated rings. The Bertz CT molecular complexity index is 1100. The molecule has 0 aromatic heterocycles. The minimum Gasteiger partial charge on any atom is -0.444 e. The number of rotatable bonds is 9. The number of carbonyl (C=O) groups excluding carboxylic acids is 3. The number of carbonyl (C=O) groups is 3. The summed E-state index contributed by atoms with van der Waals surface area (Å²) in [5, 5.41) is 5.78. The van der Waals surface area contributed by atoms with Crippen molar-refractivity contribution in [1.82, 2.24) is 10.2 Å². The molecule has 7 nitrogen and oxygen atoms in total. The maximum atomic E-state index is 14.0. The molecule has 0 heterocycles. The summed E-state index contributed by atoms with van der Waals surface area (Å²) in [5.74, 6) is -0.512. The predicted octanol–water partition coefficient (Wildman–Crippen LogP) is 6.08. The number of hydrogen-bond acceptors (Lipinski definition) is 4. The maximum Gasteiger partial charge on any atom is 0.408 e. The highest BCUT2D eigenvalue weighted by Crippen LogP contribution is 2.27. The minimum absolute atomic E-state index is 0.128. The number of ether oxygens (including phenoxy) is 1. The van der Waals surface area contributed by atoms with E-state index < -0.39 is 23.8 Å². The SMILES string of the molecule is CCN(C(=O)C(CC(C)C)NC(=O)OC(C)(C)C)C(C(=O)Nc1ccccc1C)c1ccc(C)c(C)c1. The molecule has 2 N–H and O–H groups in total. The lowest BCUT2D eigenvalue weighted by Gasteiger charge is -2.34. The van der Waals surface area contributed by atoms with Gasteiger partial charge in [0.2, 0.25) is 5.91 Å². The van der Waals surface area contributed by atoms with Gasteiger partial charge in [-0.15, -0.1) is 0 Å². The van der Waals surface area contributed by atoms with Gasteiger partial charge in [0, 0.05) is 12.2 Å². The Morgan fingerprint density at radius 3 is 2.14 bits per heavy atom. The van der Waals surface area contributed by atoms with Crippen LogP contribution < -0.4 is 10.6 Å². The third-order valence-electron chi connectivity index (χ3n) is 6.13. The number of para-hydroxylation sites is 1. The lowest BCUT2D eigenvalue weighted by Crippen LogP contribution is -2.52. The average Bonchev–Trinajstić information content (AvgIpc) is 2.78. The highest BCUT2D eigenvalue weighted by Gasteiger charge is 2.36. The summed E-state index contributed by atoms with van der Waals surface area (Å²) in [6.45, 7) is 17.3. The monoisotopic (exact) mass is 509 g/mol. The second-order valence-corrected chi connectivity index (χ2v) is 11.0. The van der Waals surface area contributed by atoms with Gasteiger partial charge < -0.3 is 20.3 Å². The van der Waals surface area contributed by atoms with Gasteiger partial charge in [0.05, 0.1) is 0 Å². The topological polar surface area (TPSA) is 87.7 Å². The first kappa shape index (κ1) is 29.9. The van der Waals surface area contributed by atoms with E-state index in [0.29, 0.717) is 17.7 Å². The van der Waals surface area contributed by atoms with E-state index in [4.69, 9.17) is 4.74 Å². The van der Waals surface area contributed by atoms with E-state index in [1.165, 1.54) is 0 Å². The fraction of sp³-hybridized carbons (Fsp3) is 0.500. The van der Waals surface area contributed by atoms with Crippen molar-refractivity contribution in [1.29, 1.82) is 0 Å². The lowest BCUT2D eigenvalue weighted by atomic mass is 9.97. The molecule has 2 atom stereocenters. The third kappa shape index (κ3) is 8.62. The Morgan fingerprint density at radius 1 is 0.946 bits per heavy atom. The van der Waals surface area contributed by atoms with Crippen LogP contribution in [0.25, 0.3) is 0 Å². The van der Waals surface area contributed by atoms with Crippen LogP contribution in [0.4, 0.5) is 10.5 Å². The van der Waals surface area contributed by atoms with Gasteiger partial charge in [0.25, 0.3) is 5.91 Å². The zero-order valence-electron chi connectivity index (χ0n) is 23.8. The van der Waals surface area contributed by atoms with Crippen LogP contribution in [-0.2, 0) is 14.3 Å².